The molecule has 12 heavy (non-hydrogen) atoms. The van der Waals surface area contributed by atoms with E-state index in [9.17, 15) is 0 Å². The van der Waals surface area contributed by atoms with E-state index in [0.717, 1.165) is 10.7 Å². The molecule has 1 nitrogen and oxygen atoms in total. The normalized spacial score (nSPS) is 15.7. The molecule has 1 aromatic heterocycles. The number of rotatable bonds is 2. The summed E-state index contributed by atoms with van der Waals surface area (Å²) in [5.41, 5.74) is 0.962. The van der Waals surface area contributed by atoms with Gasteiger partial charge in [-0.05, 0) is 12.1 Å². The largest absolute Gasteiger partial charge is 0.259 e. The first-order valence-electron chi connectivity index (χ1n) is 3.87. The predicted molar refractivity (Wildman–Crippen MR) is 56.1 cm³/mol. The molecule has 0 aliphatic heterocycles. The average Bonchev–Trinajstić information content (AvgIpc) is 2.04. The van der Waals surface area contributed by atoms with Crippen LogP contribution in [0.15, 0.2) is 18.3 Å². The highest BCUT2D eigenvalue weighted by Gasteiger charge is 2.14. The lowest BCUT2D eigenvalue weighted by Crippen LogP contribution is -2.06. The Morgan fingerprint density at radius 2 is 2.17 bits per heavy atom. The first-order valence-corrected chi connectivity index (χ1v) is 5.16. The van der Waals surface area contributed by atoms with Crippen LogP contribution in [0.5, 0.6) is 0 Å². The van der Waals surface area contributed by atoms with Gasteiger partial charge in [0, 0.05) is 16.9 Å². The van der Waals surface area contributed by atoms with Gasteiger partial charge in [0.05, 0.1) is 10.7 Å². The zero-order valence-electron chi connectivity index (χ0n) is 7.09. The summed E-state index contributed by atoms with van der Waals surface area (Å²) in [6.07, 6.45) is 1.77. The van der Waals surface area contributed by atoms with Crippen LogP contribution in [0, 0.1) is 0 Å². The van der Waals surface area contributed by atoms with Gasteiger partial charge in [0.1, 0.15) is 0 Å². The van der Waals surface area contributed by atoms with Crippen molar-refractivity contribution in [1.29, 1.82) is 0 Å². The highest BCUT2D eigenvalue weighted by Crippen LogP contribution is 2.27. The molecule has 0 saturated heterocycles. The van der Waals surface area contributed by atoms with Crippen molar-refractivity contribution in [2.75, 3.05) is 0 Å². The van der Waals surface area contributed by atoms with Gasteiger partial charge in [-0.1, -0.05) is 41.4 Å². The molecule has 0 spiro atoms. The van der Waals surface area contributed by atoms with E-state index in [1.807, 2.05) is 12.1 Å². The summed E-state index contributed by atoms with van der Waals surface area (Å²) in [6.45, 7) is 4.20. The molecule has 0 saturated carbocycles. The zero-order valence-corrected chi connectivity index (χ0v) is 9.43. The third kappa shape index (κ3) is 2.20. The van der Waals surface area contributed by atoms with Crippen molar-refractivity contribution in [2.45, 2.75) is 24.6 Å². The Morgan fingerprint density at radius 3 is 2.67 bits per heavy atom. The van der Waals surface area contributed by atoms with E-state index in [4.69, 9.17) is 11.6 Å². The molecule has 2 atom stereocenters. The number of alkyl halides is 1. The van der Waals surface area contributed by atoms with Gasteiger partial charge in [-0.3, -0.25) is 4.98 Å². The van der Waals surface area contributed by atoms with Gasteiger partial charge >= 0.3 is 0 Å². The second kappa shape index (κ2) is 4.24. The lowest BCUT2D eigenvalue weighted by molar-refractivity contribution is 0.734. The van der Waals surface area contributed by atoms with Gasteiger partial charge in [-0.25, -0.2) is 0 Å². The summed E-state index contributed by atoms with van der Waals surface area (Å²) in [4.78, 5) is 4.63. The van der Waals surface area contributed by atoms with E-state index in [2.05, 4.69) is 34.8 Å². The molecule has 0 radical (unpaired) electrons. The highest BCUT2D eigenvalue weighted by atomic mass is 79.9. The zero-order chi connectivity index (χ0) is 9.14. The predicted octanol–water partition coefficient (Wildman–Crippen LogP) is 3.62. The van der Waals surface area contributed by atoms with E-state index < -0.39 is 0 Å². The van der Waals surface area contributed by atoms with Crippen molar-refractivity contribution in [3.8, 4) is 0 Å². The first-order chi connectivity index (χ1) is 5.63. The molecule has 1 heterocycles. The van der Waals surface area contributed by atoms with Crippen LogP contribution in [-0.2, 0) is 0 Å². The van der Waals surface area contributed by atoms with Crippen LogP contribution < -0.4 is 0 Å². The summed E-state index contributed by atoms with van der Waals surface area (Å²) in [7, 11) is 0. The molecule has 66 valence electrons. The Labute approximate surface area is 86.3 Å². The Balaban J connectivity index is 2.94. The smallest absolute Gasteiger partial charge is 0.0628 e. The minimum atomic E-state index is 0.346. The van der Waals surface area contributed by atoms with Crippen LogP contribution >= 0.6 is 27.5 Å². The molecule has 0 aromatic carbocycles. The minimum absolute atomic E-state index is 0.346. The lowest BCUT2D eigenvalue weighted by atomic mass is 10.0. The summed E-state index contributed by atoms with van der Waals surface area (Å²) in [5, 5.41) is 0.747. The molecule has 1 aromatic rings. The SMILES string of the molecule is CC(Br)C(C)c1ncccc1Cl. The molecule has 0 N–H and O–H groups in total. The Morgan fingerprint density at radius 1 is 1.50 bits per heavy atom. The van der Waals surface area contributed by atoms with Crippen molar-refractivity contribution in [3.05, 3.63) is 29.0 Å². The second-order valence-electron chi connectivity index (χ2n) is 2.84. The fourth-order valence-electron chi connectivity index (χ4n) is 0.950. The van der Waals surface area contributed by atoms with E-state index >= 15 is 0 Å². The molecule has 0 aliphatic carbocycles. The van der Waals surface area contributed by atoms with Gasteiger partial charge in [0.25, 0.3) is 0 Å². The van der Waals surface area contributed by atoms with Crippen molar-refractivity contribution >= 4 is 27.5 Å². The van der Waals surface area contributed by atoms with E-state index in [1.54, 1.807) is 6.20 Å². The van der Waals surface area contributed by atoms with Crippen molar-refractivity contribution < 1.29 is 0 Å². The standard InChI is InChI=1S/C9H11BrClN/c1-6(7(2)10)9-8(11)4-3-5-12-9/h3-7H,1-2H3. The Hall–Kier alpha value is -0.0800. The molecule has 2 unspecified atom stereocenters. The van der Waals surface area contributed by atoms with E-state index in [-0.39, 0.29) is 0 Å². The molecular formula is C9H11BrClN. The molecule has 0 aliphatic rings. The Bertz CT molecular complexity index is 262. The fourth-order valence-corrected chi connectivity index (χ4v) is 1.49. The minimum Gasteiger partial charge on any atom is -0.259 e. The maximum atomic E-state index is 5.98. The molecular weight excluding hydrogens is 237 g/mol. The molecule has 0 fully saturated rings. The van der Waals surface area contributed by atoms with Gasteiger partial charge in [-0.15, -0.1) is 0 Å². The molecule has 3 heteroatoms. The monoisotopic (exact) mass is 247 g/mol. The van der Waals surface area contributed by atoms with E-state index in [1.165, 1.54) is 0 Å². The van der Waals surface area contributed by atoms with Crippen LogP contribution in [0.25, 0.3) is 0 Å². The maximum Gasteiger partial charge on any atom is 0.0628 e. The third-order valence-corrected chi connectivity index (χ3v) is 3.02. The second-order valence-corrected chi connectivity index (χ2v) is 4.69. The van der Waals surface area contributed by atoms with Crippen LogP contribution in [0.4, 0.5) is 0 Å². The van der Waals surface area contributed by atoms with Gasteiger partial charge in [0.15, 0.2) is 0 Å². The number of aromatic nitrogens is 1. The summed E-state index contributed by atoms with van der Waals surface area (Å²) < 4.78 is 0. The maximum absolute atomic E-state index is 5.98. The molecule has 1 rings (SSSR count). The van der Waals surface area contributed by atoms with E-state index in [0.29, 0.717) is 10.7 Å². The van der Waals surface area contributed by atoms with Crippen LogP contribution in [0.1, 0.15) is 25.5 Å². The van der Waals surface area contributed by atoms with Crippen LogP contribution in [-0.4, -0.2) is 9.81 Å². The van der Waals surface area contributed by atoms with Gasteiger partial charge in [-0.2, -0.15) is 0 Å². The Kier molecular flexibility index (Phi) is 3.53. The van der Waals surface area contributed by atoms with Crippen molar-refractivity contribution in [2.24, 2.45) is 0 Å². The van der Waals surface area contributed by atoms with Gasteiger partial charge < -0.3 is 0 Å². The van der Waals surface area contributed by atoms with Crippen LogP contribution in [0.2, 0.25) is 5.02 Å². The topological polar surface area (TPSA) is 12.9 Å². The fraction of sp³-hybridized carbons (Fsp3) is 0.444. The molecule has 0 amide bonds. The number of pyridine rings is 1. The molecule has 0 bridgehead atoms. The quantitative estimate of drug-likeness (QED) is 0.729. The summed E-state index contributed by atoms with van der Waals surface area (Å²) in [6, 6.07) is 3.72. The van der Waals surface area contributed by atoms with Gasteiger partial charge in [0.2, 0.25) is 0 Å². The number of hydrogen-bond donors (Lipinski definition) is 0. The summed E-state index contributed by atoms with van der Waals surface area (Å²) in [5.74, 6) is 0.346. The van der Waals surface area contributed by atoms with Crippen molar-refractivity contribution in [3.63, 3.8) is 0 Å². The number of hydrogen-bond acceptors (Lipinski definition) is 1. The number of nitrogens with zero attached hydrogens (tertiary/aromatic N) is 1. The van der Waals surface area contributed by atoms with Crippen molar-refractivity contribution in [1.82, 2.24) is 4.98 Å². The highest BCUT2D eigenvalue weighted by molar-refractivity contribution is 9.09. The first kappa shape index (κ1) is 10.0. The van der Waals surface area contributed by atoms with Crippen LogP contribution in [0.3, 0.4) is 0 Å². The third-order valence-electron chi connectivity index (χ3n) is 1.91. The number of halogens is 2. The summed E-state index contributed by atoms with van der Waals surface area (Å²) >= 11 is 9.49. The lowest BCUT2D eigenvalue weighted by Gasteiger charge is -2.14. The average molecular weight is 249 g/mol.